The minimum atomic E-state index is -3.18. The van der Waals surface area contributed by atoms with Crippen molar-refractivity contribution in [2.24, 2.45) is 21.1 Å². The number of hydrogen-bond acceptors (Lipinski definition) is 6. The SMILES string of the molecule is [2H]C([2H])([2H])CC1(C([2H])([2H])C([2H])([2H])[2H])c2ccccc2-c2cc3c(nc21)oc1c(-c2ccc(C([2H])([2H])[2H])c[n+]2C)c(C)ccc13.[2H]C([2H])([2H])c1ccc(-c2c(C)ccc3c2oc2cc4c(cc23)-c2cccnc2C4(C([2H])([2H])[2H])C([2H])([2H])[2H])[n+](C)c1.[2H]C([2H])([2H])c1ccc(-c2c(C)ccc3c2oc2nc4c(cc23)-c2ccccc2C4(C([2H])([2H])[2H])C([2H])([2H])[2H])[n+](C)c1. The van der Waals surface area contributed by atoms with Gasteiger partial charge in [0.1, 0.15) is 32.3 Å². The standard InChI is InChI=1S/C30H29N2O.2C28H25N2O/c1-6-30(7-2)24-11-9-8-10-20(24)22-16-23-21-14-13-19(4)26(25-15-12-18(3)17-32(25)5)27(21)33-29(23)31-28(22)30;1-16-8-11-23(30(5)15-16)25-17(2)9-10-18-21-13-20-19-7-6-12-29-27(19)28(3,4)22(20)14-24(21)31-26(18)25;1-16-10-13-23(30(5)15-16)24-17(2)11-12-19-21-14-20-18-8-6-7-9-22(18)28(3,4)26(20)29-27(21)31-25(19)24/h8-17H,6-7H2,1-5H3;2*6-15H,1-5H3/q3*+1/i1D3,2D3,3D3,6D2;2*1D3,3D3,4D3. The zero-order valence-corrected chi connectivity index (χ0v) is 52.4. The van der Waals surface area contributed by atoms with Crippen molar-refractivity contribution in [2.45, 2.75) is 111 Å². The van der Waals surface area contributed by atoms with E-state index in [0.29, 0.717) is 94.2 Å². The molecule has 18 rings (SSSR count). The van der Waals surface area contributed by atoms with Crippen molar-refractivity contribution in [3.8, 4) is 67.2 Å². The van der Waals surface area contributed by atoms with Crippen LogP contribution in [0.1, 0.15) is 161 Å². The Morgan fingerprint density at radius 3 is 1.42 bits per heavy atom. The second-order valence-electron chi connectivity index (χ2n) is 25.0. The molecule has 1 atom stereocenters. The average molecular weight is 1270 g/mol. The van der Waals surface area contributed by atoms with Gasteiger partial charge >= 0.3 is 0 Å². The number of pyridine rings is 6. The van der Waals surface area contributed by atoms with Gasteiger partial charge in [0.05, 0.1) is 33.8 Å². The van der Waals surface area contributed by atoms with Crippen molar-refractivity contribution in [2.75, 3.05) is 0 Å². The highest BCUT2D eigenvalue weighted by molar-refractivity contribution is 6.13. The summed E-state index contributed by atoms with van der Waals surface area (Å²) in [7, 11) is 5.27. The van der Waals surface area contributed by atoms with Gasteiger partial charge in [-0.25, -0.2) is 23.7 Å². The summed E-state index contributed by atoms with van der Waals surface area (Å²) in [6, 6.07) is 45.0. The Labute approximate surface area is 595 Å². The summed E-state index contributed by atoms with van der Waals surface area (Å²) in [5, 5.41) is 4.11. The summed E-state index contributed by atoms with van der Waals surface area (Å²) in [5.41, 5.74) is 6.33. The lowest BCUT2D eigenvalue weighted by Crippen LogP contribution is -2.31. The lowest BCUT2D eigenvalue weighted by atomic mass is 9.76. The molecule has 0 saturated carbocycles. The third-order valence-corrected chi connectivity index (χ3v) is 19.2. The zero-order valence-electron chi connectivity index (χ0n) is 81.4. The number of nitrogens with zero attached hydrogens (tertiary/aromatic N) is 6. The molecule has 0 bridgehead atoms. The van der Waals surface area contributed by atoms with Crippen molar-refractivity contribution in [1.29, 1.82) is 0 Å². The summed E-state index contributed by atoms with van der Waals surface area (Å²) < 4.78 is 262. The monoisotopic (exact) mass is 1270 g/mol. The second kappa shape index (κ2) is 21.6. The fourth-order valence-electron chi connectivity index (χ4n) is 14.6. The first kappa shape index (κ1) is 35.8. The fraction of sp³-hybridized carbons (Fsp3) is 0.233. The number of aromatic nitrogens is 6. The molecule has 0 saturated heterocycles. The smallest absolute Gasteiger partial charge is 0.227 e. The molecule has 9 heterocycles. The average Bonchev–Trinajstić information content (AvgIpc) is 1.52. The maximum absolute atomic E-state index is 8.98. The van der Waals surface area contributed by atoms with Gasteiger partial charge in [-0.2, -0.15) is 0 Å². The Morgan fingerprint density at radius 1 is 0.421 bits per heavy atom. The van der Waals surface area contributed by atoms with E-state index < -0.39 is 90.7 Å². The molecule has 15 aromatic rings. The lowest BCUT2D eigenvalue weighted by molar-refractivity contribution is -0.660. The highest BCUT2D eigenvalue weighted by Crippen LogP contribution is 2.55. The van der Waals surface area contributed by atoms with Crippen molar-refractivity contribution in [1.82, 2.24) is 15.0 Å². The molecular formula is C86H79N6O3+3. The Bertz CT molecular complexity index is 6670. The van der Waals surface area contributed by atoms with Gasteiger partial charge in [-0.05, 0) is 153 Å². The van der Waals surface area contributed by atoms with E-state index in [2.05, 4.69) is 9.97 Å². The van der Waals surface area contributed by atoms with Gasteiger partial charge in [0.15, 0.2) is 29.8 Å². The van der Waals surface area contributed by atoms with Gasteiger partial charge in [0, 0.05) is 146 Å². The molecule has 0 fully saturated rings. The number of furan rings is 3. The van der Waals surface area contributed by atoms with E-state index >= 15 is 0 Å². The summed E-state index contributed by atoms with van der Waals surface area (Å²) in [6.45, 7) is -18.6. The molecule has 9 nitrogen and oxygen atoms in total. The van der Waals surface area contributed by atoms with E-state index in [1.54, 1.807) is 175 Å². The molecule has 3 aliphatic carbocycles. The quantitative estimate of drug-likeness (QED) is 0.160. The van der Waals surface area contributed by atoms with E-state index in [9.17, 15) is 0 Å². The molecule has 0 aliphatic heterocycles. The van der Waals surface area contributed by atoms with E-state index in [-0.39, 0.29) is 61.9 Å². The maximum atomic E-state index is 8.98. The summed E-state index contributed by atoms with van der Waals surface area (Å²) in [6.07, 6.45) is 2.30. The van der Waals surface area contributed by atoms with Crippen LogP contribution < -0.4 is 13.7 Å². The molecule has 0 amide bonds. The number of benzene rings is 6. The Balaban J connectivity index is 0.000000138. The molecule has 9 heteroatoms. The maximum Gasteiger partial charge on any atom is 0.227 e. The van der Waals surface area contributed by atoms with Gasteiger partial charge < -0.3 is 13.3 Å². The number of aryl methyl sites for hydroxylation is 9. The second-order valence-corrected chi connectivity index (χ2v) is 25.0. The van der Waals surface area contributed by atoms with Crippen LogP contribution in [0.2, 0.25) is 0 Å². The normalized spacial score (nSPS) is 21.1. The van der Waals surface area contributed by atoms with Gasteiger partial charge in [-0.3, -0.25) is 4.98 Å². The van der Waals surface area contributed by atoms with Crippen molar-refractivity contribution >= 4 is 66.1 Å². The van der Waals surface area contributed by atoms with Crippen LogP contribution in [0.3, 0.4) is 0 Å². The summed E-state index contributed by atoms with van der Waals surface area (Å²) >= 11 is 0. The van der Waals surface area contributed by atoms with Gasteiger partial charge in [0.2, 0.25) is 28.5 Å². The first-order valence-corrected chi connectivity index (χ1v) is 30.8. The molecule has 0 spiro atoms. The van der Waals surface area contributed by atoms with Crippen LogP contribution in [0.4, 0.5) is 0 Å². The number of fused-ring (bicyclic) bond motifs is 18. The molecule has 1 unspecified atom stereocenters. The van der Waals surface area contributed by atoms with Crippen molar-refractivity contribution in [3.63, 3.8) is 0 Å². The highest BCUT2D eigenvalue weighted by Gasteiger charge is 2.44. The van der Waals surface area contributed by atoms with Gasteiger partial charge in [-0.1, -0.05) is 132 Å². The van der Waals surface area contributed by atoms with Crippen LogP contribution in [0, 0.1) is 41.3 Å². The third kappa shape index (κ3) is 8.87. The van der Waals surface area contributed by atoms with E-state index in [0.717, 1.165) is 44.3 Å². The van der Waals surface area contributed by atoms with Crippen LogP contribution in [0.5, 0.6) is 0 Å². The van der Waals surface area contributed by atoms with Crippen molar-refractivity contribution < 1.29 is 66.7 Å². The zero-order chi connectivity index (χ0) is 90.2. The first-order chi connectivity index (χ1) is 57.4. The molecule has 0 radical (unpaired) electrons. The molecule has 3 aliphatic rings. The van der Waals surface area contributed by atoms with Gasteiger partial charge in [-0.15, -0.1) is 0 Å². The predicted octanol–water partition coefficient (Wildman–Crippen LogP) is 20.0. The minimum absolute atomic E-state index is 0.00774. The molecule has 468 valence electrons. The molecule has 95 heavy (non-hydrogen) atoms. The molecule has 0 N–H and O–H groups in total. The first-order valence-electron chi connectivity index (χ1n) is 45.3. The Kier molecular flexibility index (Phi) is 8.13. The largest absolute Gasteiger partial charge is 0.455 e. The van der Waals surface area contributed by atoms with E-state index in [1.807, 2.05) is 57.2 Å². The van der Waals surface area contributed by atoms with Crippen molar-refractivity contribution in [3.05, 3.63) is 250 Å². The van der Waals surface area contributed by atoms with Crippen LogP contribution in [-0.2, 0) is 37.4 Å². The highest BCUT2D eigenvalue weighted by atomic mass is 16.3. The fourth-order valence-corrected chi connectivity index (χ4v) is 14.6. The summed E-state index contributed by atoms with van der Waals surface area (Å²) in [4.78, 5) is 13.7. The lowest BCUT2D eigenvalue weighted by Gasteiger charge is -2.28. The third-order valence-electron chi connectivity index (χ3n) is 19.2. The van der Waals surface area contributed by atoms with Crippen LogP contribution in [0.15, 0.2) is 196 Å². The topological polar surface area (TPSA) is 89.7 Å². The Hall–Kier alpha value is -10.4. The van der Waals surface area contributed by atoms with E-state index in [1.165, 1.54) is 6.20 Å². The van der Waals surface area contributed by atoms with Crippen LogP contribution in [0.25, 0.3) is 133 Å². The van der Waals surface area contributed by atoms with Gasteiger partial charge in [0.25, 0.3) is 0 Å². The minimum Gasteiger partial charge on any atom is -0.455 e. The van der Waals surface area contributed by atoms with E-state index in [4.69, 9.17) is 58.0 Å². The van der Waals surface area contributed by atoms with Crippen LogP contribution >= 0.6 is 0 Å². The predicted molar refractivity (Wildman–Crippen MR) is 385 cm³/mol. The number of rotatable bonds is 5. The number of hydrogen-bond donors (Lipinski definition) is 0. The van der Waals surface area contributed by atoms with Crippen LogP contribution in [-0.4, -0.2) is 15.0 Å². The summed E-state index contributed by atoms with van der Waals surface area (Å²) in [5.74, 6) is 0. The molecule has 9 aromatic heterocycles. The molecular weight excluding hydrogens is 1160 g/mol. The molecule has 6 aromatic carbocycles. The Morgan fingerprint density at radius 2 is 0.895 bits per heavy atom.